The molecule has 23 heavy (non-hydrogen) atoms. The summed E-state index contributed by atoms with van der Waals surface area (Å²) in [5.74, 6) is 0.218. The van der Waals surface area contributed by atoms with Crippen molar-refractivity contribution in [2.24, 2.45) is 0 Å². The van der Waals surface area contributed by atoms with Gasteiger partial charge in [0.25, 0.3) is 5.95 Å². The monoisotopic (exact) mass is 335 g/mol. The number of tetrazole rings is 1. The number of alkyl halides is 3. The van der Waals surface area contributed by atoms with Crippen LogP contribution in [0.25, 0.3) is 0 Å². The predicted molar refractivity (Wildman–Crippen MR) is 75.8 cm³/mol. The lowest BCUT2D eigenvalue weighted by Crippen LogP contribution is -2.60. The Hall–Kier alpha value is -1.91. The molecule has 11 heteroatoms. The van der Waals surface area contributed by atoms with Crippen molar-refractivity contribution in [1.29, 1.82) is 0 Å². The molecule has 1 N–H and O–H groups in total. The normalized spacial score (nSPS) is 23.1. The van der Waals surface area contributed by atoms with Crippen LogP contribution in [0, 0.1) is 0 Å². The van der Waals surface area contributed by atoms with Crippen LogP contribution in [-0.4, -0.2) is 73.9 Å². The maximum atomic E-state index is 12.6. The average Bonchev–Trinajstić information content (AvgIpc) is 2.88. The Morgan fingerprint density at radius 1 is 1.30 bits per heavy atom. The zero-order valence-corrected chi connectivity index (χ0v) is 13.2. The standard InChI is InChI=1S/C12H20F3N7O/c1-4-22-10(17-18-19-22)16-11(23)20-5-8(2)21(9(3)6-20)7-12(13,14)15/h8-9H,4-7H2,1-3H3,(H,16,17,19,23)/t8-,9+. The molecule has 8 nitrogen and oxygen atoms in total. The molecule has 0 bridgehead atoms. The van der Waals surface area contributed by atoms with Gasteiger partial charge in [-0.15, -0.1) is 0 Å². The number of carbonyl (C=O) groups is 1. The first-order chi connectivity index (χ1) is 10.7. The molecule has 0 aliphatic carbocycles. The Morgan fingerprint density at radius 2 is 1.91 bits per heavy atom. The van der Waals surface area contributed by atoms with Crippen LogP contribution in [-0.2, 0) is 6.54 Å². The first-order valence-electron chi connectivity index (χ1n) is 7.36. The lowest BCUT2D eigenvalue weighted by Gasteiger charge is -2.44. The molecule has 2 rings (SSSR count). The summed E-state index contributed by atoms with van der Waals surface area (Å²) >= 11 is 0. The van der Waals surface area contributed by atoms with Crippen molar-refractivity contribution in [2.45, 2.75) is 45.6 Å². The number of urea groups is 1. The number of rotatable bonds is 3. The van der Waals surface area contributed by atoms with Crippen molar-refractivity contribution in [1.82, 2.24) is 30.0 Å². The van der Waals surface area contributed by atoms with Crippen LogP contribution in [0.1, 0.15) is 20.8 Å². The van der Waals surface area contributed by atoms with Crippen molar-refractivity contribution < 1.29 is 18.0 Å². The molecule has 2 amide bonds. The molecule has 1 aromatic heterocycles. The minimum atomic E-state index is -4.25. The van der Waals surface area contributed by atoms with Gasteiger partial charge in [0.05, 0.1) is 6.54 Å². The summed E-state index contributed by atoms with van der Waals surface area (Å²) < 4.78 is 39.3. The summed E-state index contributed by atoms with van der Waals surface area (Å²) in [6, 6.07) is -1.21. The molecule has 2 atom stereocenters. The zero-order chi connectivity index (χ0) is 17.2. The average molecular weight is 335 g/mol. The fraction of sp³-hybridized carbons (Fsp3) is 0.833. The number of aromatic nitrogens is 4. The molecular weight excluding hydrogens is 315 g/mol. The zero-order valence-electron chi connectivity index (χ0n) is 13.2. The lowest BCUT2D eigenvalue weighted by atomic mass is 10.1. The van der Waals surface area contributed by atoms with Crippen molar-refractivity contribution in [3.63, 3.8) is 0 Å². The van der Waals surface area contributed by atoms with Crippen LogP contribution >= 0.6 is 0 Å². The first-order valence-corrected chi connectivity index (χ1v) is 7.36. The van der Waals surface area contributed by atoms with Crippen molar-refractivity contribution in [3.8, 4) is 0 Å². The van der Waals surface area contributed by atoms with E-state index in [0.717, 1.165) is 0 Å². The van der Waals surface area contributed by atoms with Gasteiger partial charge in [0.1, 0.15) is 0 Å². The topological polar surface area (TPSA) is 79.2 Å². The van der Waals surface area contributed by atoms with Gasteiger partial charge in [-0.1, -0.05) is 5.10 Å². The third-order valence-electron chi connectivity index (χ3n) is 3.80. The van der Waals surface area contributed by atoms with Gasteiger partial charge in [-0.2, -0.15) is 13.2 Å². The summed E-state index contributed by atoms with van der Waals surface area (Å²) in [7, 11) is 0. The van der Waals surface area contributed by atoms with Gasteiger partial charge in [-0.3, -0.25) is 10.2 Å². The number of aryl methyl sites for hydroxylation is 1. The number of halogens is 3. The van der Waals surface area contributed by atoms with E-state index in [4.69, 9.17) is 0 Å². The summed E-state index contributed by atoms with van der Waals surface area (Å²) in [6.07, 6.45) is -4.25. The smallest absolute Gasteiger partial charge is 0.321 e. The van der Waals surface area contributed by atoms with Crippen LogP contribution in [0.2, 0.25) is 0 Å². The molecule has 0 radical (unpaired) electrons. The summed E-state index contributed by atoms with van der Waals surface area (Å²) in [5.41, 5.74) is 0. The number of nitrogens with one attached hydrogen (secondary N) is 1. The Labute approximate surface area is 131 Å². The van der Waals surface area contributed by atoms with E-state index in [0.29, 0.717) is 6.54 Å². The Morgan fingerprint density at radius 3 is 2.43 bits per heavy atom. The molecule has 2 heterocycles. The fourth-order valence-corrected chi connectivity index (χ4v) is 2.72. The van der Waals surface area contributed by atoms with Crippen LogP contribution in [0.5, 0.6) is 0 Å². The van der Waals surface area contributed by atoms with E-state index in [1.54, 1.807) is 13.8 Å². The van der Waals surface area contributed by atoms with Gasteiger partial charge in [0, 0.05) is 31.7 Å². The SMILES string of the molecule is CCn1nnnc1NC(=O)N1C[C@@H](C)N(CC(F)(F)F)[C@@H](C)C1. The molecule has 0 spiro atoms. The Balaban J connectivity index is 1.99. The highest BCUT2D eigenvalue weighted by molar-refractivity contribution is 5.87. The van der Waals surface area contributed by atoms with Crippen molar-refractivity contribution >= 4 is 12.0 Å². The fourth-order valence-electron chi connectivity index (χ4n) is 2.72. The number of anilines is 1. The molecular formula is C12H20F3N7O. The van der Waals surface area contributed by atoms with E-state index in [2.05, 4.69) is 20.8 Å². The van der Waals surface area contributed by atoms with Gasteiger partial charge in [0.2, 0.25) is 0 Å². The second kappa shape index (κ2) is 6.69. The predicted octanol–water partition coefficient (Wildman–Crippen LogP) is 1.18. The van der Waals surface area contributed by atoms with Crippen LogP contribution in [0.15, 0.2) is 0 Å². The molecule has 1 aliphatic rings. The molecule has 0 unspecified atom stereocenters. The van der Waals surface area contributed by atoms with E-state index < -0.39 is 30.8 Å². The quantitative estimate of drug-likeness (QED) is 0.897. The maximum absolute atomic E-state index is 12.6. The van der Waals surface area contributed by atoms with Crippen molar-refractivity contribution in [2.75, 3.05) is 25.0 Å². The highest BCUT2D eigenvalue weighted by atomic mass is 19.4. The summed E-state index contributed by atoms with van der Waals surface area (Å²) in [5, 5.41) is 13.5. The first kappa shape index (κ1) is 17.4. The molecule has 0 saturated carbocycles. The van der Waals surface area contributed by atoms with E-state index in [9.17, 15) is 18.0 Å². The lowest BCUT2D eigenvalue weighted by molar-refractivity contribution is -0.160. The van der Waals surface area contributed by atoms with E-state index >= 15 is 0 Å². The number of nitrogens with zero attached hydrogens (tertiary/aromatic N) is 6. The number of hydrogen-bond donors (Lipinski definition) is 1. The van der Waals surface area contributed by atoms with E-state index in [1.165, 1.54) is 14.5 Å². The molecule has 1 aromatic rings. The molecule has 1 saturated heterocycles. The minimum Gasteiger partial charge on any atom is -0.321 e. The highest BCUT2D eigenvalue weighted by Gasteiger charge is 2.39. The maximum Gasteiger partial charge on any atom is 0.401 e. The van der Waals surface area contributed by atoms with Gasteiger partial charge >= 0.3 is 12.2 Å². The van der Waals surface area contributed by atoms with E-state index in [1.807, 2.05) is 6.92 Å². The highest BCUT2D eigenvalue weighted by Crippen LogP contribution is 2.23. The minimum absolute atomic E-state index is 0.208. The largest absolute Gasteiger partial charge is 0.401 e. The van der Waals surface area contributed by atoms with Gasteiger partial charge in [-0.05, 0) is 31.2 Å². The summed E-state index contributed by atoms with van der Waals surface area (Å²) in [6.45, 7) is 5.12. The van der Waals surface area contributed by atoms with Gasteiger partial charge in [0.15, 0.2) is 0 Å². The van der Waals surface area contributed by atoms with Gasteiger partial charge in [-0.25, -0.2) is 9.48 Å². The number of hydrogen-bond acceptors (Lipinski definition) is 5. The number of carbonyl (C=O) groups excluding carboxylic acids is 1. The number of piperazine rings is 1. The Kier molecular flexibility index (Phi) is 5.07. The molecule has 0 aromatic carbocycles. The summed E-state index contributed by atoms with van der Waals surface area (Å²) in [4.78, 5) is 15.1. The molecule has 1 fully saturated rings. The third kappa shape index (κ3) is 4.30. The van der Waals surface area contributed by atoms with Crippen LogP contribution in [0.3, 0.4) is 0 Å². The Bertz CT molecular complexity index is 535. The van der Waals surface area contributed by atoms with Crippen LogP contribution < -0.4 is 5.32 Å². The second-order valence-corrected chi connectivity index (χ2v) is 5.64. The van der Waals surface area contributed by atoms with Gasteiger partial charge < -0.3 is 4.90 Å². The molecule has 130 valence electrons. The third-order valence-corrected chi connectivity index (χ3v) is 3.80. The molecule has 1 aliphatic heterocycles. The van der Waals surface area contributed by atoms with Crippen LogP contribution in [0.4, 0.5) is 23.9 Å². The van der Waals surface area contributed by atoms with Crippen molar-refractivity contribution in [3.05, 3.63) is 0 Å². The number of amides is 2. The van der Waals surface area contributed by atoms with E-state index in [-0.39, 0.29) is 19.0 Å². The second-order valence-electron chi connectivity index (χ2n) is 5.64.